The molecule has 0 unspecified atom stereocenters. The van der Waals surface area contributed by atoms with Crippen LogP contribution < -0.4 is 4.74 Å². The molecule has 0 atom stereocenters. The van der Waals surface area contributed by atoms with Crippen molar-refractivity contribution in [3.05, 3.63) is 30.3 Å². The van der Waals surface area contributed by atoms with Crippen LogP contribution in [0.5, 0.6) is 5.75 Å². The summed E-state index contributed by atoms with van der Waals surface area (Å²) in [6.07, 6.45) is 5.24. The zero-order valence-corrected chi connectivity index (χ0v) is 14.5. The van der Waals surface area contributed by atoms with Gasteiger partial charge < -0.3 is 14.2 Å². The molecule has 0 radical (unpaired) electrons. The fourth-order valence-corrected chi connectivity index (χ4v) is 2.07. The lowest BCUT2D eigenvalue weighted by Crippen LogP contribution is -2.13. The Balaban J connectivity index is 1.94. The van der Waals surface area contributed by atoms with Gasteiger partial charge in [0.15, 0.2) is 0 Å². The molecule has 0 amide bonds. The van der Waals surface area contributed by atoms with Crippen molar-refractivity contribution in [3.63, 3.8) is 0 Å². The number of para-hydroxylation sites is 1. The fraction of sp³-hybridized carbons (Fsp3) is 0.579. The van der Waals surface area contributed by atoms with Crippen molar-refractivity contribution in [1.29, 1.82) is 0 Å². The van der Waals surface area contributed by atoms with Crippen LogP contribution in [0, 0.1) is 0 Å². The smallest absolute Gasteiger partial charge is 0.305 e. The maximum Gasteiger partial charge on any atom is 0.305 e. The van der Waals surface area contributed by atoms with E-state index in [0.717, 1.165) is 31.4 Å². The minimum absolute atomic E-state index is 0.204. The van der Waals surface area contributed by atoms with Crippen LogP contribution in [0.1, 0.15) is 51.9 Å². The first kappa shape index (κ1) is 20.0. The number of benzene rings is 1. The molecule has 0 aliphatic carbocycles. The summed E-state index contributed by atoms with van der Waals surface area (Å²) in [5.41, 5.74) is 0. The Hall–Kier alpha value is -2.04. The van der Waals surface area contributed by atoms with Gasteiger partial charge in [0.05, 0.1) is 6.61 Å². The molecule has 1 aromatic rings. The number of esters is 2. The second-order valence-corrected chi connectivity index (χ2v) is 5.52. The first-order chi connectivity index (χ1) is 11.7. The average Bonchev–Trinajstić information content (AvgIpc) is 2.59. The predicted octanol–water partition coefficient (Wildman–Crippen LogP) is 3.90. The zero-order chi connectivity index (χ0) is 17.5. The van der Waals surface area contributed by atoms with E-state index in [2.05, 4.69) is 6.92 Å². The van der Waals surface area contributed by atoms with Gasteiger partial charge in [-0.05, 0) is 25.0 Å². The molecule has 5 heteroatoms. The Bertz CT molecular complexity index is 458. The number of hydrogen-bond donors (Lipinski definition) is 0. The van der Waals surface area contributed by atoms with Gasteiger partial charge in [0, 0.05) is 12.8 Å². The zero-order valence-electron chi connectivity index (χ0n) is 14.5. The molecule has 0 aliphatic rings. The molecule has 0 heterocycles. The lowest BCUT2D eigenvalue weighted by Gasteiger charge is -2.07. The third kappa shape index (κ3) is 10.6. The molecule has 5 nitrogen and oxygen atoms in total. The Kier molecular flexibility index (Phi) is 11.2. The molecule has 1 aromatic carbocycles. The lowest BCUT2D eigenvalue weighted by molar-refractivity contribution is -0.145. The summed E-state index contributed by atoms with van der Waals surface area (Å²) in [4.78, 5) is 23.0. The van der Waals surface area contributed by atoms with Crippen molar-refractivity contribution in [1.82, 2.24) is 0 Å². The highest BCUT2D eigenvalue weighted by Gasteiger charge is 2.07. The van der Waals surface area contributed by atoms with Crippen LogP contribution in [0.2, 0.25) is 0 Å². The van der Waals surface area contributed by atoms with Crippen LogP contribution in [0.4, 0.5) is 0 Å². The summed E-state index contributed by atoms with van der Waals surface area (Å²) in [5.74, 6) is 0.185. The second-order valence-electron chi connectivity index (χ2n) is 5.52. The molecule has 0 fully saturated rings. The molecule has 0 aromatic heterocycles. The first-order valence-electron chi connectivity index (χ1n) is 8.71. The number of unbranched alkanes of at least 4 members (excludes halogenated alkanes) is 3. The summed E-state index contributed by atoms with van der Waals surface area (Å²) < 4.78 is 15.6. The quantitative estimate of drug-likeness (QED) is 0.404. The SMILES string of the molecule is CCCCCCOC(=O)CCCC(=O)OCCOc1ccccc1. The van der Waals surface area contributed by atoms with Crippen molar-refractivity contribution in [3.8, 4) is 5.75 Å². The molecule has 0 aliphatic heterocycles. The lowest BCUT2D eigenvalue weighted by atomic mass is 10.2. The van der Waals surface area contributed by atoms with Crippen molar-refractivity contribution in [2.45, 2.75) is 51.9 Å². The van der Waals surface area contributed by atoms with Crippen molar-refractivity contribution in [2.75, 3.05) is 19.8 Å². The summed E-state index contributed by atoms with van der Waals surface area (Å²) >= 11 is 0. The maximum absolute atomic E-state index is 11.5. The summed E-state index contributed by atoms with van der Waals surface area (Å²) in [7, 11) is 0. The van der Waals surface area contributed by atoms with E-state index < -0.39 is 0 Å². The number of rotatable bonds is 13. The average molecular weight is 336 g/mol. The summed E-state index contributed by atoms with van der Waals surface area (Å²) in [6, 6.07) is 9.35. The molecule has 0 spiro atoms. The van der Waals surface area contributed by atoms with Gasteiger partial charge >= 0.3 is 11.9 Å². The molecule has 1 rings (SSSR count). The van der Waals surface area contributed by atoms with Gasteiger partial charge in [0.2, 0.25) is 0 Å². The van der Waals surface area contributed by atoms with E-state index >= 15 is 0 Å². The number of carbonyl (C=O) groups excluding carboxylic acids is 2. The van der Waals surface area contributed by atoms with Crippen molar-refractivity contribution >= 4 is 11.9 Å². The van der Waals surface area contributed by atoms with Crippen molar-refractivity contribution < 1.29 is 23.8 Å². The van der Waals surface area contributed by atoms with Gasteiger partial charge in [-0.2, -0.15) is 0 Å². The minimum Gasteiger partial charge on any atom is -0.490 e. The number of hydrogen-bond acceptors (Lipinski definition) is 5. The minimum atomic E-state index is -0.317. The van der Waals surface area contributed by atoms with E-state index in [-0.39, 0.29) is 31.4 Å². The summed E-state index contributed by atoms with van der Waals surface area (Å²) in [5, 5.41) is 0. The van der Waals surface area contributed by atoms with Crippen LogP contribution in [0.25, 0.3) is 0 Å². The highest BCUT2D eigenvalue weighted by Crippen LogP contribution is 2.08. The Morgan fingerprint density at radius 2 is 1.46 bits per heavy atom. The van der Waals surface area contributed by atoms with Crippen LogP contribution in [-0.2, 0) is 19.1 Å². The van der Waals surface area contributed by atoms with Gasteiger partial charge in [-0.25, -0.2) is 0 Å². The van der Waals surface area contributed by atoms with Crippen molar-refractivity contribution in [2.24, 2.45) is 0 Å². The Labute approximate surface area is 144 Å². The Morgan fingerprint density at radius 3 is 2.12 bits per heavy atom. The van der Waals surface area contributed by atoms with E-state index in [9.17, 15) is 9.59 Å². The second kappa shape index (κ2) is 13.4. The largest absolute Gasteiger partial charge is 0.490 e. The molecule has 0 N–H and O–H groups in total. The Morgan fingerprint density at radius 1 is 0.792 bits per heavy atom. The van der Waals surface area contributed by atoms with Crippen LogP contribution in [0.15, 0.2) is 30.3 Å². The van der Waals surface area contributed by atoms with Crippen LogP contribution in [0.3, 0.4) is 0 Å². The van der Waals surface area contributed by atoms with Crippen LogP contribution in [-0.4, -0.2) is 31.8 Å². The third-order valence-corrected chi connectivity index (χ3v) is 3.38. The van der Waals surface area contributed by atoms with E-state index in [0.29, 0.717) is 19.6 Å². The molecule has 24 heavy (non-hydrogen) atoms. The molecule has 0 bridgehead atoms. The molecular weight excluding hydrogens is 308 g/mol. The molecular formula is C19H28O5. The topological polar surface area (TPSA) is 61.8 Å². The highest BCUT2D eigenvalue weighted by molar-refractivity contribution is 5.72. The maximum atomic E-state index is 11.5. The highest BCUT2D eigenvalue weighted by atomic mass is 16.6. The predicted molar refractivity (Wildman–Crippen MR) is 91.8 cm³/mol. The standard InChI is InChI=1S/C19H28O5/c1-2-3-4-8-14-23-18(20)12-9-13-19(21)24-16-15-22-17-10-6-5-7-11-17/h5-7,10-11H,2-4,8-9,12-16H2,1H3. The van der Waals surface area contributed by atoms with Gasteiger partial charge in [-0.1, -0.05) is 44.4 Å². The van der Waals surface area contributed by atoms with E-state index in [1.54, 1.807) is 0 Å². The molecule has 0 saturated carbocycles. The van der Waals surface area contributed by atoms with Gasteiger partial charge in [0.1, 0.15) is 19.0 Å². The van der Waals surface area contributed by atoms with E-state index in [1.807, 2.05) is 30.3 Å². The summed E-state index contributed by atoms with van der Waals surface area (Å²) in [6.45, 7) is 3.13. The number of carbonyl (C=O) groups is 2. The van der Waals surface area contributed by atoms with Gasteiger partial charge in [-0.3, -0.25) is 9.59 Å². The van der Waals surface area contributed by atoms with E-state index in [4.69, 9.17) is 14.2 Å². The first-order valence-corrected chi connectivity index (χ1v) is 8.71. The van der Waals surface area contributed by atoms with Gasteiger partial charge in [-0.15, -0.1) is 0 Å². The molecule has 134 valence electrons. The van der Waals surface area contributed by atoms with E-state index in [1.165, 1.54) is 0 Å². The fourth-order valence-electron chi connectivity index (χ4n) is 2.07. The van der Waals surface area contributed by atoms with Gasteiger partial charge in [0.25, 0.3) is 0 Å². The normalized spacial score (nSPS) is 10.2. The molecule has 0 saturated heterocycles. The monoisotopic (exact) mass is 336 g/mol. The number of ether oxygens (including phenoxy) is 3. The van der Waals surface area contributed by atoms with Crippen LogP contribution >= 0.6 is 0 Å². The third-order valence-electron chi connectivity index (χ3n) is 3.38.